The van der Waals surface area contributed by atoms with Gasteiger partial charge in [0.2, 0.25) is 0 Å². The van der Waals surface area contributed by atoms with Gasteiger partial charge >= 0.3 is 5.97 Å². The van der Waals surface area contributed by atoms with Gasteiger partial charge in [-0.2, -0.15) is 0 Å². The molecule has 0 fully saturated rings. The second kappa shape index (κ2) is 9.41. The maximum Gasteiger partial charge on any atom is 0.317 e. The Morgan fingerprint density at radius 2 is 2.00 bits per heavy atom. The summed E-state index contributed by atoms with van der Waals surface area (Å²) in [6.07, 6.45) is 0. The van der Waals surface area contributed by atoms with Crippen molar-refractivity contribution in [3.63, 3.8) is 0 Å². The van der Waals surface area contributed by atoms with Crippen LogP contribution in [-0.4, -0.2) is 60.6 Å². The van der Waals surface area contributed by atoms with E-state index in [0.29, 0.717) is 13.1 Å². The summed E-state index contributed by atoms with van der Waals surface area (Å²) in [5, 5.41) is 8.46. The monoisotopic (exact) mass is 247 g/mol. The summed E-state index contributed by atoms with van der Waals surface area (Å²) >= 11 is 0. The topological polar surface area (TPSA) is 69.8 Å². The zero-order chi connectivity index (χ0) is 10.3. The van der Waals surface area contributed by atoms with Crippen LogP contribution in [0.5, 0.6) is 0 Å². The Kier molecular flexibility index (Phi) is 11.0. The van der Waals surface area contributed by atoms with Crippen LogP contribution in [0, 0.1) is 7.05 Å². The Bertz CT molecular complexity index is 158. The molecule has 0 spiro atoms. The second-order valence-corrected chi connectivity index (χ2v) is 3.04. The Morgan fingerprint density at radius 3 is 2.43 bits per heavy atom. The van der Waals surface area contributed by atoms with Gasteiger partial charge < -0.3 is 15.7 Å². The summed E-state index contributed by atoms with van der Waals surface area (Å²) in [6.45, 7) is 2.81. The van der Waals surface area contributed by atoms with Crippen LogP contribution in [0.15, 0.2) is 0 Å². The second-order valence-electron chi connectivity index (χ2n) is 3.04. The van der Waals surface area contributed by atoms with Crippen LogP contribution in [0.2, 0.25) is 0 Å². The maximum atomic E-state index is 10.3. The van der Waals surface area contributed by atoms with Crippen molar-refractivity contribution in [3.8, 4) is 0 Å². The molecule has 0 aliphatic heterocycles. The molecule has 3 N–H and O–H groups in total. The van der Waals surface area contributed by atoms with Gasteiger partial charge in [-0.1, -0.05) is 0 Å². The average molecular weight is 247 g/mol. The van der Waals surface area contributed by atoms with Crippen LogP contribution in [0.3, 0.4) is 0 Å². The first-order valence-corrected chi connectivity index (χ1v) is 4.22. The van der Waals surface area contributed by atoms with E-state index in [4.69, 9.17) is 10.8 Å². The largest absolute Gasteiger partial charge is 0.480 e. The molecule has 0 heterocycles. The number of likely N-dealkylation sites (N-methyl/N-ethyl adjacent to an activating group) is 1. The van der Waals surface area contributed by atoms with Crippen molar-refractivity contribution in [2.24, 2.45) is 5.73 Å². The van der Waals surface area contributed by atoms with E-state index < -0.39 is 5.97 Å². The summed E-state index contributed by atoms with van der Waals surface area (Å²) < 4.78 is 0. The minimum Gasteiger partial charge on any atom is -0.480 e. The van der Waals surface area contributed by atoms with E-state index in [1.807, 2.05) is 4.90 Å². The zero-order valence-corrected chi connectivity index (χ0v) is 9.44. The maximum absolute atomic E-state index is 10.3. The SMILES string of the molecule is [CH2-]N(CCN)CCN(C)CC(=O)O.[Co]. The van der Waals surface area contributed by atoms with Crippen LogP contribution >= 0.6 is 0 Å². The first-order chi connectivity index (χ1) is 6.06. The Hall–Kier alpha value is -0.144. The third-order valence-corrected chi connectivity index (χ3v) is 1.65. The van der Waals surface area contributed by atoms with E-state index >= 15 is 0 Å². The van der Waals surface area contributed by atoms with E-state index in [-0.39, 0.29) is 23.3 Å². The average Bonchev–Trinajstić information content (AvgIpc) is 2.00. The molecule has 5 nitrogen and oxygen atoms in total. The number of nitrogens with zero attached hydrogens (tertiary/aromatic N) is 2. The quantitative estimate of drug-likeness (QED) is 0.568. The third-order valence-electron chi connectivity index (χ3n) is 1.65. The van der Waals surface area contributed by atoms with Crippen molar-refractivity contribution in [1.29, 1.82) is 0 Å². The van der Waals surface area contributed by atoms with Crippen LogP contribution in [0.25, 0.3) is 0 Å². The summed E-state index contributed by atoms with van der Waals surface area (Å²) in [5.41, 5.74) is 5.33. The molecule has 0 aromatic heterocycles. The number of hydrogen-bond donors (Lipinski definition) is 2. The van der Waals surface area contributed by atoms with E-state index in [1.165, 1.54) is 0 Å². The van der Waals surface area contributed by atoms with Crippen molar-refractivity contribution in [2.45, 2.75) is 0 Å². The van der Waals surface area contributed by atoms with Gasteiger partial charge in [-0.05, 0) is 20.1 Å². The standard InChI is InChI=1S/C8H18N3O2.Co/c1-10(4-3-9)5-6-11(2)7-8(12)13;/h1,3-7,9H2,2H3,(H,12,13);/q-1;. The predicted molar refractivity (Wildman–Crippen MR) is 51.1 cm³/mol. The normalized spacial score (nSPS) is 10.4. The third kappa shape index (κ3) is 9.94. The minimum atomic E-state index is -0.808. The number of carboxylic acids is 1. The molecule has 0 aromatic rings. The van der Waals surface area contributed by atoms with Gasteiger partial charge in [0.25, 0.3) is 0 Å². The van der Waals surface area contributed by atoms with Crippen molar-refractivity contribution >= 4 is 5.97 Å². The van der Waals surface area contributed by atoms with Gasteiger partial charge in [-0.3, -0.25) is 16.7 Å². The number of carboxylic acid groups (broad SMARTS) is 1. The Morgan fingerprint density at radius 1 is 1.43 bits per heavy atom. The Balaban J connectivity index is 0. The van der Waals surface area contributed by atoms with Crippen molar-refractivity contribution in [3.05, 3.63) is 7.05 Å². The predicted octanol–water partition coefficient (Wildman–Crippen LogP) is -0.947. The number of aliphatic carboxylic acids is 1. The first-order valence-electron chi connectivity index (χ1n) is 4.22. The molecule has 0 bridgehead atoms. The zero-order valence-electron chi connectivity index (χ0n) is 8.40. The van der Waals surface area contributed by atoms with Gasteiger partial charge in [0, 0.05) is 29.9 Å². The molecule has 6 heteroatoms. The fraction of sp³-hybridized carbons (Fsp3) is 0.750. The molecule has 0 aliphatic rings. The number of nitrogens with two attached hydrogens (primary N) is 1. The molecule has 0 saturated heterocycles. The molecule has 0 rings (SSSR count). The molecule has 0 aromatic carbocycles. The first kappa shape index (κ1) is 16.3. The molecule has 0 saturated carbocycles. The van der Waals surface area contributed by atoms with Crippen LogP contribution in [0.1, 0.15) is 0 Å². The van der Waals surface area contributed by atoms with Gasteiger partial charge in [-0.25, -0.2) is 0 Å². The van der Waals surface area contributed by atoms with Gasteiger partial charge in [0.15, 0.2) is 0 Å². The molecule has 87 valence electrons. The minimum absolute atomic E-state index is 0. The summed E-state index contributed by atoms with van der Waals surface area (Å²) in [7, 11) is 5.53. The van der Waals surface area contributed by atoms with E-state index in [9.17, 15) is 4.79 Å². The summed E-state index contributed by atoms with van der Waals surface area (Å²) in [6, 6.07) is 0. The fourth-order valence-corrected chi connectivity index (χ4v) is 0.916. The van der Waals surface area contributed by atoms with Crippen molar-refractivity contribution in [1.82, 2.24) is 9.80 Å². The molecular formula is C8H18CoN3O2-. The van der Waals surface area contributed by atoms with Crippen molar-refractivity contribution < 1.29 is 26.7 Å². The summed E-state index contributed by atoms with van der Waals surface area (Å²) in [5.74, 6) is -0.808. The van der Waals surface area contributed by atoms with Crippen molar-refractivity contribution in [2.75, 3.05) is 39.8 Å². The smallest absolute Gasteiger partial charge is 0.317 e. The molecular weight excluding hydrogens is 229 g/mol. The molecule has 1 radical (unpaired) electrons. The molecule has 0 aliphatic carbocycles. The molecule has 14 heavy (non-hydrogen) atoms. The van der Waals surface area contributed by atoms with Gasteiger partial charge in [-0.15, -0.1) is 0 Å². The van der Waals surface area contributed by atoms with Gasteiger partial charge in [0.05, 0.1) is 6.54 Å². The van der Waals surface area contributed by atoms with Crippen LogP contribution in [-0.2, 0) is 21.6 Å². The van der Waals surface area contributed by atoms with E-state index in [0.717, 1.165) is 13.1 Å². The fourth-order valence-electron chi connectivity index (χ4n) is 0.916. The molecule has 0 atom stereocenters. The number of rotatable bonds is 7. The van der Waals surface area contributed by atoms with Crippen LogP contribution < -0.4 is 5.73 Å². The molecule has 0 unspecified atom stereocenters. The number of carbonyl (C=O) groups is 1. The Labute approximate surface area is 95.4 Å². The van der Waals surface area contributed by atoms with Crippen LogP contribution in [0.4, 0.5) is 0 Å². The summed E-state index contributed by atoms with van der Waals surface area (Å²) in [4.78, 5) is 13.9. The molecule has 0 amide bonds. The number of hydrogen-bond acceptors (Lipinski definition) is 4. The van der Waals surface area contributed by atoms with Gasteiger partial charge in [0.1, 0.15) is 0 Å². The van der Waals surface area contributed by atoms with E-state index in [2.05, 4.69) is 7.05 Å². The van der Waals surface area contributed by atoms with E-state index in [1.54, 1.807) is 11.9 Å².